The molecule has 2 N–H and O–H groups in total. The molecule has 1 aromatic carbocycles. The normalized spacial score (nSPS) is 10.3. The lowest BCUT2D eigenvalue weighted by atomic mass is 10.1. The first-order chi connectivity index (χ1) is 7.20. The third-order valence-electron chi connectivity index (χ3n) is 2.16. The Kier molecular flexibility index (Phi) is 2.33. The Morgan fingerprint density at radius 3 is 2.80 bits per heavy atom. The van der Waals surface area contributed by atoms with Crippen LogP contribution in [0.4, 0.5) is 6.01 Å². The third kappa shape index (κ3) is 1.79. The molecular formula is C11H12N2O2. The Balaban J connectivity index is 2.49. The lowest BCUT2D eigenvalue weighted by Crippen LogP contribution is -1.86. The van der Waals surface area contributed by atoms with Gasteiger partial charge in [-0.1, -0.05) is 12.1 Å². The standard InChI is InChI=1S/C11H12N2O2/c1-7-10(13-11(12)15-7)8-4-3-5-9(6-8)14-2/h3-6H,1-2H3,(H2,12,13). The fraction of sp³-hybridized carbons (Fsp3) is 0.182. The molecule has 78 valence electrons. The number of methoxy groups -OCH3 is 1. The minimum Gasteiger partial charge on any atom is -0.497 e. The second-order valence-corrected chi connectivity index (χ2v) is 3.19. The van der Waals surface area contributed by atoms with Crippen LogP contribution in [0, 0.1) is 6.92 Å². The topological polar surface area (TPSA) is 61.3 Å². The van der Waals surface area contributed by atoms with Gasteiger partial charge < -0.3 is 14.9 Å². The summed E-state index contributed by atoms with van der Waals surface area (Å²) in [5.41, 5.74) is 7.17. The van der Waals surface area contributed by atoms with Crippen LogP contribution < -0.4 is 10.5 Å². The SMILES string of the molecule is COc1cccc(-c2nc(N)oc2C)c1. The molecule has 0 aliphatic carbocycles. The molecule has 0 aliphatic rings. The van der Waals surface area contributed by atoms with E-state index in [9.17, 15) is 0 Å². The van der Waals surface area contributed by atoms with E-state index in [2.05, 4.69) is 4.98 Å². The number of nitrogens with two attached hydrogens (primary N) is 1. The fourth-order valence-electron chi connectivity index (χ4n) is 1.46. The monoisotopic (exact) mass is 204 g/mol. The molecule has 15 heavy (non-hydrogen) atoms. The first kappa shape index (κ1) is 9.58. The Labute approximate surface area is 87.7 Å². The van der Waals surface area contributed by atoms with Gasteiger partial charge >= 0.3 is 0 Å². The van der Waals surface area contributed by atoms with Crippen molar-refractivity contribution in [1.82, 2.24) is 4.98 Å². The Morgan fingerprint density at radius 1 is 1.40 bits per heavy atom. The minimum absolute atomic E-state index is 0.185. The van der Waals surface area contributed by atoms with Crippen molar-refractivity contribution in [3.05, 3.63) is 30.0 Å². The second kappa shape index (κ2) is 3.65. The maximum Gasteiger partial charge on any atom is 0.292 e. The van der Waals surface area contributed by atoms with Gasteiger partial charge in [-0.3, -0.25) is 0 Å². The smallest absolute Gasteiger partial charge is 0.292 e. The van der Waals surface area contributed by atoms with E-state index in [4.69, 9.17) is 14.9 Å². The Bertz CT molecular complexity index is 477. The highest BCUT2D eigenvalue weighted by Crippen LogP contribution is 2.26. The van der Waals surface area contributed by atoms with E-state index in [0.29, 0.717) is 5.76 Å². The van der Waals surface area contributed by atoms with Crippen molar-refractivity contribution in [2.45, 2.75) is 6.92 Å². The quantitative estimate of drug-likeness (QED) is 0.814. The van der Waals surface area contributed by atoms with Crippen molar-refractivity contribution in [2.24, 2.45) is 0 Å². The molecule has 0 saturated heterocycles. The van der Waals surface area contributed by atoms with Crippen molar-refractivity contribution in [3.8, 4) is 17.0 Å². The van der Waals surface area contributed by atoms with Crippen LogP contribution in [0.1, 0.15) is 5.76 Å². The van der Waals surface area contributed by atoms with Crippen molar-refractivity contribution in [2.75, 3.05) is 12.8 Å². The summed E-state index contributed by atoms with van der Waals surface area (Å²) in [7, 11) is 1.63. The van der Waals surface area contributed by atoms with Gasteiger partial charge in [0.05, 0.1) is 7.11 Å². The highest BCUT2D eigenvalue weighted by atomic mass is 16.5. The number of ether oxygens (including phenoxy) is 1. The molecule has 0 saturated carbocycles. The van der Waals surface area contributed by atoms with E-state index in [1.165, 1.54) is 0 Å². The number of anilines is 1. The van der Waals surface area contributed by atoms with E-state index in [0.717, 1.165) is 17.0 Å². The number of oxazole rings is 1. The summed E-state index contributed by atoms with van der Waals surface area (Å²) in [6.45, 7) is 1.83. The average Bonchev–Trinajstić information content (AvgIpc) is 2.58. The van der Waals surface area contributed by atoms with Gasteiger partial charge in [0.2, 0.25) is 0 Å². The van der Waals surface area contributed by atoms with Crippen LogP contribution in [0.3, 0.4) is 0 Å². The molecule has 0 bridgehead atoms. The zero-order chi connectivity index (χ0) is 10.8. The number of hydrogen-bond acceptors (Lipinski definition) is 4. The van der Waals surface area contributed by atoms with Gasteiger partial charge in [-0.2, -0.15) is 4.98 Å². The largest absolute Gasteiger partial charge is 0.497 e. The van der Waals surface area contributed by atoms with Gasteiger partial charge in [0.15, 0.2) is 0 Å². The van der Waals surface area contributed by atoms with Gasteiger partial charge in [0.1, 0.15) is 17.2 Å². The molecule has 0 fully saturated rings. The summed E-state index contributed by atoms with van der Waals surface area (Å²) in [5, 5.41) is 0. The predicted octanol–water partition coefficient (Wildman–Crippen LogP) is 2.24. The summed E-state index contributed by atoms with van der Waals surface area (Å²) >= 11 is 0. The molecule has 0 amide bonds. The van der Waals surface area contributed by atoms with E-state index >= 15 is 0 Å². The van der Waals surface area contributed by atoms with Gasteiger partial charge in [-0.05, 0) is 19.1 Å². The lowest BCUT2D eigenvalue weighted by Gasteiger charge is -2.01. The molecule has 0 atom stereocenters. The summed E-state index contributed by atoms with van der Waals surface area (Å²) in [6.07, 6.45) is 0. The highest BCUT2D eigenvalue weighted by molar-refractivity contribution is 5.63. The predicted molar refractivity (Wildman–Crippen MR) is 57.6 cm³/mol. The van der Waals surface area contributed by atoms with Gasteiger partial charge in [0, 0.05) is 5.56 Å². The second-order valence-electron chi connectivity index (χ2n) is 3.19. The van der Waals surface area contributed by atoms with Crippen molar-refractivity contribution < 1.29 is 9.15 Å². The molecule has 0 aliphatic heterocycles. The third-order valence-corrected chi connectivity index (χ3v) is 2.16. The number of aryl methyl sites for hydroxylation is 1. The number of rotatable bonds is 2. The summed E-state index contributed by atoms with van der Waals surface area (Å²) in [4.78, 5) is 4.11. The average molecular weight is 204 g/mol. The molecular weight excluding hydrogens is 192 g/mol. The Morgan fingerprint density at radius 2 is 2.20 bits per heavy atom. The van der Waals surface area contributed by atoms with Gasteiger partial charge in [-0.25, -0.2) is 0 Å². The lowest BCUT2D eigenvalue weighted by molar-refractivity contribution is 0.415. The summed E-state index contributed by atoms with van der Waals surface area (Å²) < 4.78 is 10.3. The molecule has 1 aromatic heterocycles. The maximum absolute atomic E-state index is 5.48. The number of benzene rings is 1. The molecule has 1 heterocycles. The van der Waals surface area contributed by atoms with Gasteiger partial charge in [0.25, 0.3) is 6.01 Å². The van der Waals surface area contributed by atoms with Gasteiger partial charge in [-0.15, -0.1) is 0 Å². The van der Waals surface area contributed by atoms with Crippen LogP contribution in [0.2, 0.25) is 0 Å². The van der Waals surface area contributed by atoms with E-state index in [1.807, 2.05) is 31.2 Å². The first-order valence-corrected chi connectivity index (χ1v) is 4.58. The highest BCUT2D eigenvalue weighted by Gasteiger charge is 2.09. The first-order valence-electron chi connectivity index (χ1n) is 4.58. The maximum atomic E-state index is 5.48. The molecule has 0 spiro atoms. The minimum atomic E-state index is 0.185. The molecule has 4 nitrogen and oxygen atoms in total. The molecule has 4 heteroatoms. The van der Waals surface area contributed by atoms with E-state index < -0.39 is 0 Å². The number of nitrogens with zero attached hydrogens (tertiary/aromatic N) is 1. The fourth-order valence-corrected chi connectivity index (χ4v) is 1.46. The van der Waals surface area contributed by atoms with Crippen LogP contribution in [-0.4, -0.2) is 12.1 Å². The number of nitrogen functional groups attached to an aromatic ring is 1. The zero-order valence-electron chi connectivity index (χ0n) is 8.65. The van der Waals surface area contributed by atoms with Crippen LogP contribution in [0.25, 0.3) is 11.3 Å². The van der Waals surface area contributed by atoms with Crippen LogP contribution in [0.15, 0.2) is 28.7 Å². The molecule has 2 aromatic rings. The number of aromatic nitrogens is 1. The number of hydrogen-bond donors (Lipinski definition) is 1. The van der Waals surface area contributed by atoms with E-state index in [-0.39, 0.29) is 6.01 Å². The Hall–Kier alpha value is -1.97. The van der Waals surface area contributed by atoms with Crippen LogP contribution >= 0.6 is 0 Å². The van der Waals surface area contributed by atoms with Crippen molar-refractivity contribution in [3.63, 3.8) is 0 Å². The molecule has 2 rings (SSSR count). The molecule has 0 radical (unpaired) electrons. The summed E-state index contributed by atoms with van der Waals surface area (Å²) in [6, 6.07) is 7.79. The van der Waals surface area contributed by atoms with Crippen LogP contribution in [-0.2, 0) is 0 Å². The van der Waals surface area contributed by atoms with Crippen molar-refractivity contribution in [1.29, 1.82) is 0 Å². The summed E-state index contributed by atoms with van der Waals surface area (Å²) in [5.74, 6) is 1.49. The zero-order valence-corrected chi connectivity index (χ0v) is 8.65. The molecule has 0 unspecified atom stereocenters. The van der Waals surface area contributed by atoms with E-state index in [1.54, 1.807) is 7.11 Å². The van der Waals surface area contributed by atoms with Crippen LogP contribution in [0.5, 0.6) is 5.75 Å². The van der Waals surface area contributed by atoms with Crippen molar-refractivity contribution >= 4 is 6.01 Å².